The van der Waals surface area contributed by atoms with E-state index in [0.29, 0.717) is 18.5 Å². The molecule has 0 radical (unpaired) electrons. The number of carbonyl (C=O) groups excluding carboxylic acids is 1. The van der Waals surface area contributed by atoms with Gasteiger partial charge in [0, 0.05) is 18.2 Å². The van der Waals surface area contributed by atoms with Crippen LogP contribution in [0, 0.1) is 18.6 Å². The first-order valence-corrected chi connectivity index (χ1v) is 12.2. The van der Waals surface area contributed by atoms with Gasteiger partial charge in [-0.3, -0.25) is 9.48 Å². The highest BCUT2D eigenvalue weighted by atomic mass is 19.4. The number of imidazole rings is 1. The summed E-state index contributed by atoms with van der Waals surface area (Å²) in [5.41, 5.74) is -0.505. The van der Waals surface area contributed by atoms with Crippen LogP contribution in [0.2, 0.25) is 0 Å². The number of hydrogen-bond donors (Lipinski definition) is 1. The predicted molar refractivity (Wildman–Crippen MR) is 133 cm³/mol. The average molecular weight is 556 g/mol. The summed E-state index contributed by atoms with van der Waals surface area (Å²) in [5.74, 6) is -2.89. The van der Waals surface area contributed by atoms with Crippen molar-refractivity contribution in [3.63, 3.8) is 0 Å². The molecule has 13 heteroatoms. The first kappa shape index (κ1) is 26.9. The van der Waals surface area contributed by atoms with Crippen molar-refractivity contribution >= 4 is 5.91 Å². The van der Waals surface area contributed by atoms with E-state index < -0.39 is 35.3 Å². The van der Waals surface area contributed by atoms with Gasteiger partial charge in [-0.15, -0.1) is 0 Å². The molecular formula is C27H21F5N6O2. The number of halogens is 5. The molecule has 1 N–H and O–H groups in total. The van der Waals surface area contributed by atoms with Crippen LogP contribution in [0.5, 0.6) is 0 Å². The quantitative estimate of drug-likeness (QED) is 0.254. The number of nitrogens with one attached hydrogen (secondary N) is 1. The van der Waals surface area contributed by atoms with Crippen molar-refractivity contribution < 1.29 is 31.3 Å². The van der Waals surface area contributed by atoms with Gasteiger partial charge in [0.2, 0.25) is 0 Å². The molecule has 0 aliphatic carbocycles. The van der Waals surface area contributed by atoms with Crippen LogP contribution in [0.4, 0.5) is 22.0 Å². The number of aromatic nitrogens is 5. The molecule has 0 bridgehead atoms. The largest absolute Gasteiger partial charge is 0.417 e. The van der Waals surface area contributed by atoms with Crippen LogP contribution >= 0.6 is 0 Å². The maximum absolute atomic E-state index is 14.3. The van der Waals surface area contributed by atoms with E-state index in [4.69, 9.17) is 4.52 Å². The number of benzene rings is 2. The standard InChI is InChI=1S/C27H21F5N6O2/c1-3-9-33-26(39)24(22-11-19(37-40-22)15-8-7-14(2)10-17(15)27(30,31)32)38-13-21-20(12-34-38)35-25(36-21)16-5-4-6-18(28)23(16)29/h4-8,10-13,24H,3,9H2,1-2H3,(H,33,39). The van der Waals surface area contributed by atoms with Crippen LogP contribution in [0.25, 0.3) is 34.0 Å². The molecule has 0 saturated carbocycles. The minimum absolute atomic E-state index is 0.0786. The van der Waals surface area contributed by atoms with E-state index in [0.717, 1.165) is 12.1 Å². The van der Waals surface area contributed by atoms with Gasteiger partial charge >= 0.3 is 6.18 Å². The fourth-order valence-corrected chi connectivity index (χ4v) is 4.16. The second kappa shape index (κ2) is 10.5. The minimum atomic E-state index is -4.64. The molecule has 206 valence electrons. The summed E-state index contributed by atoms with van der Waals surface area (Å²) in [6, 6.07) is 7.40. The molecule has 5 rings (SSSR count). The Morgan fingerprint density at radius 1 is 1.05 bits per heavy atom. The Kier molecular flexibility index (Phi) is 7.04. The number of nitrogens with zero attached hydrogens (tertiary/aromatic N) is 5. The lowest BCUT2D eigenvalue weighted by Crippen LogP contribution is -2.34. The van der Waals surface area contributed by atoms with E-state index in [1.807, 2.05) is 6.92 Å². The van der Waals surface area contributed by atoms with Crippen LogP contribution in [0.15, 0.2) is 59.4 Å². The highest BCUT2D eigenvalue weighted by Crippen LogP contribution is 2.38. The first-order valence-electron chi connectivity index (χ1n) is 12.2. The van der Waals surface area contributed by atoms with E-state index >= 15 is 0 Å². The van der Waals surface area contributed by atoms with Gasteiger partial charge in [-0.05, 0) is 31.5 Å². The molecule has 1 aromatic heterocycles. The van der Waals surface area contributed by atoms with Crippen molar-refractivity contribution in [1.82, 2.24) is 30.2 Å². The van der Waals surface area contributed by atoms with Crippen LogP contribution < -0.4 is 5.32 Å². The molecule has 2 aliphatic heterocycles. The number of carbonyl (C=O) groups is 1. The Hall–Kier alpha value is -4.68. The molecule has 8 nitrogen and oxygen atoms in total. The molecule has 1 atom stereocenters. The number of amides is 1. The van der Waals surface area contributed by atoms with Crippen molar-refractivity contribution in [3.05, 3.63) is 83.4 Å². The molecule has 40 heavy (non-hydrogen) atoms. The average Bonchev–Trinajstić information content (AvgIpc) is 3.56. The third-order valence-corrected chi connectivity index (χ3v) is 6.09. The zero-order chi connectivity index (χ0) is 28.6. The normalized spacial score (nSPS) is 12.6. The summed E-state index contributed by atoms with van der Waals surface area (Å²) in [7, 11) is 0. The van der Waals surface area contributed by atoms with E-state index in [2.05, 4.69) is 25.5 Å². The van der Waals surface area contributed by atoms with E-state index in [9.17, 15) is 26.7 Å². The van der Waals surface area contributed by atoms with Gasteiger partial charge in [0.15, 0.2) is 29.3 Å². The molecule has 1 unspecified atom stereocenters. The third-order valence-electron chi connectivity index (χ3n) is 6.09. The third kappa shape index (κ3) is 5.14. The maximum Gasteiger partial charge on any atom is 0.417 e. The van der Waals surface area contributed by atoms with E-state index in [-0.39, 0.29) is 39.8 Å². The van der Waals surface area contributed by atoms with Gasteiger partial charge in [0.05, 0.1) is 23.5 Å². The number of aryl methyl sites for hydroxylation is 1. The van der Waals surface area contributed by atoms with Gasteiger partial charge < -0.3 is 9.84 Å². The molecule has 0 saturated heterocycles. The fourth-order valence-electron chi connectivity index (χ4n) is 4.16. The van der Waals surface area contributed by atoms with Gasteiger partial charge in [-0.2, -0.15) is 18.3 Å². The zero-order valence-corrected chi connectivity index (χ0v) is 21.1. The topological polar surface area (TPSA) is 98.7 Å². The number of fused-ring (bicyclic) bond motifs is 1. The van der Waals surface area contributed by atoms with Crippen molar-refractivity contribution in [2.75, 3.05) is 6.54 Å². The summed E-state index contributed by atoms with van der Waals surface area (Å²) in [4.78, 5) is 21.7. The Labute approximate surface area is 224 Å². The lowest BCUT2D eigenvalue weighted by atomic mass is 10.0. The minimum Gasteiger partial charge on any atom is -0.358 e. The monoisotopic (exact) mass is 556 g/mol. The second-order valence-electron chi connectivity index (χ2n) is 9.03. The van der Waals surface area contributed by atoms with Crippen LogP contribution in [0.1, 0.15) is 36.3 Å². The number of rotatable bonds is 7. The number of hydrogen-bond acceptors (Lipinski definition) is 6. The fraction of sp³-hybridized carbons (Fsp3) is 0.222. The predicted octanol–water partition coefficient (Wildman–Crippen LogP) is 5.82. The zero-order valence-electron chi connectivity index (χ0n) is 21.1. The van der Waals surface area contributed by atoms with Gasteiger partial charge in [-0.25, -0.2) is 18.7 Å². The highest BCUT2D eigenvalue weighted by molar-refractivity contribution is 5.83. The molecular weight excluding hydrogens is 535 g/mol. The summed E-state index contributed by atoms with van der Waals surface area (Å²) in [6.45, 7) is 3.71. The Morgan fingerprint density at radius 2 is 1.82 bits per heavy atom. The van der Waals surface area contributed by atoms with Gasteiger partial charge in [0.1, 0.15) is 17.1 Å². The molecule has 0 fully saturated rings. The van der Waals surface area contributed by atoms with E-state index in [1.54, 1.807) is 6.92 Å². The summed E-state index contributed by atoms with van der Waals surface area (Å²) in [5, 5.41) is 10.8. The molecule has 2 aromatic carbocycles. The lowest BCUT2D eigenvalue weighted by Gasteiger charge is -2.17. The first-order chi connectivity index (χ1) is 19.1. The maximum atomic E-state index is 14.3. The molecule has 3 aromatic rings. The number of alkyl halides is 3. The Bertz CT molecular complexity index is 1660. The molecule has 0 spiro atoms. The Balaban J connectivity index is 1.57. The van der Waals surface area contributed by atoms with Gasteiger partial charge in [-0.1, -0.05) is 35.8 Å². The molecule has 3 heterocycles. The van der Waals surface area contributed by atoms with Crippen molar-refractivity contribution in [1.29, 1.82) is 0 Å². The van der Waals surface area contributed by atoms with Gasteiger partial charge in [0.25, 0.3) is 5.91 Å². The van der Waals surface area contributed by atoms with Crippen LogP contribution in [-0.2, 0) is 11.0 Å². The Morgan fingerprint density at radius 3 is 2.58 bits per heavy atom. The smallest absolute Gasteiger partial charge is 0.358 e. The SMILES string of the molecule is CCCNC(=O)C(c1cc(-c2ccc(C)cc2C(F)(F)F)no1)n1cc2nc(-c3cccc(F)c3F)nc-2cn1. The highest BCUT2D eigenvalue weighted by Gasteiger charge is 2.35. The van der Waals surface area contributed by atoms with E-state index in [1.165, 1.54) is 47.4 Å². The summed E-state index contributed by atoms with van der Waals surface area (Å²) < 4.78 is 75.8. The summed E-state index contributed by atoms with van der Waals surface area (Å²) >= 11 is 0. The van der Waals surface area contributed by atoms with Crippen molar-refractivity contribution in [2.24, 2.45) is 0 Å². The van der Waals surface area contributed by atoms with Crippen LogP contribution in [0.3, 0.4) is 0 Å². The van der Waals surface area contributed by atoms with Crippen molar-refractivity contribution in [2.45, 2.75) is 32.5 Å². The lowest BCUT2D eigenvalue weighted by molar-refractivity contribution is -0.137. The molecule has 2 aliphatic rings. The molecule has 1 amide bonds. The summed E-state index contributed by atoms with van der Waals surface area (Å²) in [6.07, 6.45) is -1.39. The van der Waals surface area contributed by atoms with Crippen molar-refractivity contribution in [3.8, 4) is 34.0 Å². The van der Waals surface area contributed by atoms with Crippen LogP contribution in [-0.4, -0.2) is 37.4 Å². The second-order valence-corrected chi connectivity index (χ2v) is 9.03.